The molecule has 2 amide bonds. The maximum absolute atomic E-state index is 12.5. The summed E-state index contributed by atoms with van der Waals surface area (Å²) in [5, 5.41) is 0. The summed E-state index contributed by atoms with van der Waals surface area (Å²) in [5.41, 5.74) is 7.04. The second-order valence-electron chi connectivity index (χ2n) is 6.61. The van der Waals surface area contributed by atoms with E-state index in [1.54, 1.807) is 35.2 Å². The summed E-state index contributed by atoms with van der Waals surface area (Å²) in [6.45, 7) is 0.843. The fourth-order valence-electron chi connectivity index (χ4n) is 3.19. The van der Waals surface area contributed by atoms with Gasteiger partial charge in [0.15, 0.2) is 0 Å². The number of nitrogens with zero attached hydrogens (tertiary/aromatic N) is 1. The number of ether oxygens (including phenoxy) is 1. The van der Waals surface area contributed by atoms with Crippen molar-refractivity contribution in [1.29, 1.82) is 0 Å². The Bertz CT molecular complexity index is 807. The summed E-state index contributed by atoms with van der Waals surface area (Å²) in [6.07, 6.45) is -0.330. The van der Waals surface area contributed by atoms with Crippen molar-refractivity contribution in [1.82, 2.24) is 4.90 Å². The number of carbonyl (C=O) groups excluding carboxylic acids is 3. The highest BCUT2D eigenvalue weighted by Crippen LogP contribution is 2.24. The summed E-state index contributed by atoms with van der Waals surface area (Å²) in [4.78, 5) is 38.1. The Balaban J connectivity index is 1.59. The predicted octanol–water partition coefficient (Wildman–Crippen LogP) is 1.85. The van der Waals surface area contributed by atoms with Crippen LogP contribution >= 0.6 is 0 Å². The Morgan fingerprint density at radius 1 is 1.07 bits per heavy atom. The first-order valence-corrected chi connectivity index (χ1v) is 8.91. The van der Waals surface area contributed by atoms with E-state index in [4.69, 9.17) is 10.5 Å². The van der Waals surface area contributed by atoms with Crippen LogP contribution in [0.15, 0.2) is 60.7 Å². The lowest BCUT2D eigenvalue weighted by molar-refractivity contribution is -0.159. The summed E-state index contributed by atoms with van der Waals surface area (Å²) in [6, 6.07) is 18.5. The lowest BCUT2D eigenvalue weighted by Crippen LogP contribution is -2.31. The first-order chi connectivity index (χ1) is 13.0. The van der Waals surface area contributed by atoms with E-state index in [2.05, 4.69) is 0 Å². The standard InChI is InChI=1S/C21H22N2O4/c22-20(25)19(16-9-5-2-6-10-16)27-21(26)17-13-18(24)23(14-17)12-11-15-7-3-1-4-8-15/h1-10,17,19H,11-14H2,(H2,22,25)/t17-,19-/m0/s1. The van der Waals surface area contributed by atoms with Crippen LogP contribution in [0.5, 0.6) is 0 Å². The van der Waals surface area contributed by atoms with Gasteiger partial charge in [0.05, 0.1) is 5.92 Å². The molecule has 1 fully saturated rings. The number of carbonyl (C=O) groups is 3. The first-order valence-electron chi connectivity index (χ1n) is 8.91. The summed E-state index contributed by atoms with van der Waals surface area (Å²) in [5.74, 6) is -1.97. The largest absolute Gasteiger partial charge is 0.447 e. The van der Waals surface area contributed by atoms with Crippen molar-refractivity contribution in [3.05, 3.63) is 71.8 Å². The van der Waals surface area contributed by atoms with Crippen LogP contribution in [0.25, 0.3) is 0 Å². The number of nitrogens with two attached hydrogens (primary N) is 1. The number of esters is 1. The molecule has 0 spiro atoms. The van der Waals surface area contributed by atoms with Gasteiger partial charge in [0.25, 0.3) is 5.91 Å². The molecule has 1 heterocycles. The number of benzene rings is 2. The van der Waals surface area contributed by atoms with E-state index in [0.29, 0.717) is 18.7 Å². The summed E-state index contributed by atoms with van der Waals surface area (Å²) in [7, 11) is 0. The lowest BCUT2D eigenvalue weighted by atomic mass is 10.1. The van der Waals surface area contributed by atoms with E-state index in [0.717, 1.165) is 12.0 Å². The fraction of sp³-hybridized carbons (Fsp3) is 0.286. The summed E-state index contributed by atoms with van der Waals surface area (Å²) < 4.78 is 5.35. The average molecular weight is 366 g/mol. The smallest absolute Gasteiger partial charge is 0.312 e. The molecule has 6 heteroatoms. The van der Waals surface area contributed by atoms with E-state index in [-0.39, 0.29) is 12.3 Å². The van der Waals surface area contributed by atoms with Crippen LogP contribution in [-0.2, 0) is 25.5 Å². The van der Waals surface area contributed by atoms with Gasteiger partial charge in [-0.3, -0.25) is 14.4 Å². The molecule has 0 radical (unpaired) electrons. The molecule has 1 aliphatic rings. The van der Waals surface area contributed by atoms with Crippen LogP contribution in [0.1, 0.15) is 23.7 Å². The minimum atomic E-state index is -1.15. The zero-order valence-corrected chi connectivity index (χ0v) is 14.9. The maximum Gasteiger partial charge on any atom is 0.312 e. The van der Waals surface area contributed by atoms with E-state index in [1.165, 1.54) is 0 Å². The van der Waals surface area contributed by atoms with Crippen LogP contribution in [0.3, 0.4) is 0 Å². The second kappa shape index (κ2) is 8.49. The van der Waals surface area contributed by atoms with Crippen LogP contribution in [-0.4, -0.2) is 35.8 Å². The van der Waals surface area contributed by atoms with E-state index < -0.39 is 23.9 Å². The molecule has 1 saturated heterocycles. The normalized spacial score (nSPS) is 17.6. The minimum absolute atomic E-state index is 0.0804. The number of rotatable bonds is 7. The van der Waals surface area contributed by atoms with Crippen LogP contribution in [0.2, 0.25) is 0 Å². The Hall–Kier alpha value is -3.15. The van der Waals surface area contributed by atoms with Crippen molar-refractivity contribution in [2.75, 3.05) is 13.1 Å². The van der Waals surface area contributed by atoms with Crippen LogP contribution in [0, 0.1) is 5.92 Å². The number of hydrogen-bond acceptors (Lipinski definition) is 4. The molecule has 3 rings (SSSR count). The third-order valence-corrected chi connectivity index (χ3v) is 4.66. The fourth-order valence-corrected chi connectivity index (χ4v) is 3.19. The Labute approximate surface area is 157 Å². The van der Waals surface area contributed by atoms with Gasteiger partial charge in [-0.1, -0.05) is 60.7 Å². The molecule has 0 bridgehead atoms. The van der Waals surface area contributed by atoms with Gasteiger partial charge in [0.1, 0.15) is 0 Å². The molecule has 2 atom stereocenters. The number of amides is 2. The zero-order valence-electron chi connectivity index (χ0n) is 14.9. The highest BCUT2D eigenvalue weighted by atomic mass is 16.5. The minimum Gasteiger partial charge on any atom is -0.447 e. The van der Waals surface area contributed by atoms with Gasteiger partial charge in [0.2, 0.25) is 12.0 Å². The van der Waals surface area contributed by atoms with Crippen molar-refractivity contribution in [3.63, 3.8) is 0 Å². The molecular formula is C21H22N2O4. The van der Waals surface area contributed by atoms with Gasteiger partial charge in [-0.05, 0) is 12.0 Å². The third-order valence-electron chi connectivity index (χ3n) is 4.66. The second-order valence-corrected chi connectivity index (χ2v) is 6.61. The van der Waals surface area contributed by atoms with Gasteiger partial charge in [-0.15, -0.1) is 0 Å². The monoisotopic (exact) mass is 366 g/mol. The van der Waals surface area contributed by atoms with Crippen molar-refractivity contribution >= 4 is 17.8 Å². The van der Waals surface area contributed by atoms with Crippen molar-refractivity contribution in [2.45, 2.75) is 18.9 Å². The molecule has 0 unspecified atom stereocenters. The highest BCUT2D eigenvalue weighted by molar-refractivity contribution is 5.89. The van der Waals surface area contributed by atoms with Crippen LogP contribution in [0.4, 0.5) is 0 Å². The molecule has 0 aliphatic carbocycles. The predicted molar refractivity (Wildman–Crippen MR) is 99.3 cm³/mol. The molecule has 2 aromatic carbocycles. The molecule has 0 saturated carbocycles. The number of likely N-dealkylation sites (tertiary alicyclic amines) is 1. The highest BCUT2D eigenvalue weighted by Gasteiger charge is 2.37. The number of primary amides is 1. The van der Waals surface area contributed by atoms with Crippen molar-refractivity contribution < 1.29 is 19.1 Å². The van der Waals surface area contributed by atoms with Gasteiger partial charge in [0, 0.05) is 25.1 Å². The third kappa shape index (κ3) is 4.73. The molecule has 6 nitrogen and oxygen atoms in total. The molecule has 2 aromatic rings. The zero-order chi connectivity index (χ0) is 19.2. The first kappa shape index (κ1) is 18.6. The topological polar surface area (TPSA) is 89.7 Å². The van der Waals surface area contributed by atoms with Crippen LogP contribution < -0.4 is 5.73 Å². The molecule has 0 aromatic heterocycles. The van der Waals surface area contributed by atoms with Gasteiger partial charge in [-0.2, -0.15) is 0 Å². The Morgan fingerprint density at radius 2 is 1.70 bits per heavy atom. The summed E-state index contributed by atoms with van der Waals surface area (Å²) >= 11 is 0. The molecule has 140 valence electrons. The molecule has 1 aliphatic heterocycles. The maximum atomic E-state index is 12.5. The lowest BCUT2D eigenvalue weighted by Gasteiger charge is -2.18. The molecular weight excluding hydrogens is 344 g/mol. The SMILES string of the molecule is NC(=O)[C@@H](OC(=O)[C@H]1CC(=O)N(CCc2ccccc2)C1)c1ccccc1. The quantitative estimate of drug-likeness (QED) is 0.757. The van der Waals surface area contributed by atoms with Gasteiger partial charge in [-0.25, -0.2) is 0 Å². The Kier molecular flexibility index (Phi) is 5.86. The van der Waals surface area contributed by atoms with E-state index >= 15 is 0 Å². The molecule has 27 heavy (non-hydrogen) atoms. The van der Waals surface area contributed by atoms with Crippen molar-refractivity contribution in [3.8, 4) is 0 Å². The molecule has 2 N–H and O–H groups in total. The average Bonchev–Trinajstić information content (AvgIpc) is 3.06. The van der Waals surface area contributed by atoms with Gasteiger partial charge >= 0.3 is 5.97 Å². The van der Waals surface area contributed by atoms with E-state index in [1.807, 2.05) is 30.3 Å². The Morgan fingerprint density at radius 3 is 2.33 bits per heavy atom. The van der Waals surface area contributed by atoms with E-state index in [9.17, 15) is 14.4 Å². The van der Waals surface area contributed by atoms with Crippen molar-refractivity contribution in [2.24, 2.45) is 11.7 Å². The number of hydrogen-bond donors (Lipinski definition) is 1. The van der Waals surface area contributed by atoms with Gasteiger partial charge < -0.3 is 15.4 Å².